The molecule has 1 aliphatic rings. The Hall–Kier alpha value is -1.66. The lowest BCUT2D eigenvalue weighted by atomic mass is 10.2. The standard InChI is InChI=1S/C15H21FN2O3/c1-2-12(21-13-5-3-4-11(16)8-13)9-18-15(19)14-10-17-6-7-20-14/h3-5,8,12,14,17H,2,6-7,9-10H2,1H3,(H,18,19). The number of ether oxygens (including phenoxy) is 2. The molecule has 1 aromatic carbocycles. The average molecular weight is 296 g/mol. The number of benzene rings is 1. The van der Waals surface area contributed by atoms with E-state index < -0.39 is 6.10 Å². The highest BCUT2D eigenvalue weighted by atomic mass is 19.1. The molecule has 2 unspecified atom stereocenters. The number of morpholine rings is 1. The molecule has 0 radical (unpaired) electrons. The fourth-order valence-corrected chi connectivity index (χ4v) is 2.06. The maximum absolute atomic E-state index is 13.1. The van der Waals surface area contributed by atoms with Crippen LogP contribution in [0.15, 0.2) is 24.3 Å². The summed E-state index contributed by atoms with van der Waals surface area (Å²) in [4.78, 5) is 11.9. The lowest BCUT2D eigenvalue weighted by Gasteiger charge is -2.24. The maximum Gasteiger partial charge on any atom is 0.250 e. The van der Waals surface area contributed by atoms with E-state index in [1.54, 1.807) is 12.1 Å². The zero-order valence-corrected chi connectivity index (χ0v) is 12.1. The lowest BCUT2D eigenvalue weighted by Crippen LogP contribution is -2.49. The molecule has 1 aromatic rings. The van der Waals surface area contributed by atoms with Crippen LogP contribution in [0.25, 0.3) is 0 Å². The van der Waals surface area contributed by atoms with E-state index >= 15 is 0 Å². The molecule has 2 atom stereocenters. The number of carbonyl (C=O) groups is 1. The van der Waals surface area contributed by atoms with Crippen LogP contribution in [0.1, 0.15) is 13.3 Å². The van der Waals surface area contributed by atoms with Crippen LogP contribution >= 0.6 is 0 Å². The third-order valence-electron chi connectivity index (χ3n) is 3.28. The van der Waals surface area contributed by atoms with Crippen molar-refractivity contribution in [2.24, 2.45) is 0 Å². The molecule has 0 spiro atoms. The summed E-state index contributed by atoms with van der Waals surface area (Å²) in [7, 11) is 0. The monoisotopic (exact) mass is 296 g/mol. The molecular formula is C15H21FN2O3. The molecule has 0 bridgehead atoms. The van der Waals surface area contributed by atoms with Crippen molar-refractivity contribution in [1.29, 1.82) is 0 Å². The van der Waals surface area contributed by atoms with Crippen LogP contribution in [0.2, 0.25) is 0 Å². The van der Waals surface area contributed by atoms with E-state index in [1.807, 2.05) is 6.92 Å². The summed E-state index contributed by atoms with van der Waals surface area (Å²) in [5, 5.41) is 5.92. The molecule has 6 heteroatoms. The Bertz CT molecular complexity index is 464. The Morgan fingerprint density at radius 2 is 2.48 bits per heavy atom. The van der Waals surface area contributed by atoms with Gasteiger partial charge in [-0.1, -0.05) is 13.0 Å². The van der Waals surface area contributed by atoms with Gasteiger partial charge in [0.1, 0.15) is 23.8 Å². The van der Waals surface area contributed by atoms with Gasteiger partial charge < -0.3 is 20.1 Å². The van der Waals surface area contributed by atoms with E-state index in [1.165, 1.54) is 12.1 Å². The van der Waals surface area contributed by atoms with E-state index in [2.05, 4.69) is 10.6 Å². The number of rotatable bonds is 6. The molecule has 1 aliphatic heterocycles. The Balaban J connectivity index is 1.80. The van der Waals surface area contributed by atoms with Gasteiger partial charge in [0.2, 0.25) is 0 Å². The summed E-state index contributed by atoms with van der Waals surface area (Å²) in [5.41, 5.74) is 0. The smallest absolute Gasteiger partial charge is 0.250 e. The van der Waals surface area contributed by atoms with Crippen molar-refractivity contribution in [2.75, 3.05) is 26.2 Å². The molecule has 2 N–H and O–H groups in total. The van der Waals surface area contributed by atoms with Crippen molar-refractivity contribution < 1.29 is 18.7 Å². The lowest BCUT2D eigenvalue weighted by molar-refractivity contribution is -0.134. The molecule has 0 aliphatic carbocycles. The fraction of sp³-hybridized carbons (Fsp3) is 0.533. The molecule has 5 nitrogen and oxygen atoms in total. The summed E-state index contributed by atoms with van der Waals surface area (Å²) in [6.07, 6.45) is 0.0540. The Morgan fingerprint density at radius 1 is 1.62 bits per heavy atom. The Morgan fingerprint density at radius 3 is 3.14 bits per heavy atom. The summed E-state index contributed by atoms with van der Waals surface area (Å²) in [6.45, 7) is 4.15. The SMILES string of the molecule is CCC(CNC(=O)C1CNCCO1)Oc1cccc(F)c1. The largest absolute Gasteiger partial charge is 0.489 e. The maximum atomic E-state index is 13.1. The molecule has 0 aromatic heterocycles. The van der Waals surface area contributed by atoms with E-state index in [0.29, 0.717) is 31.9 Å². The molecule has 21 heavy (non-hydrogen) atoms. The Kier molecular flexibility index (Phi) is 5.95. The van der Waals surface area contributed by atoms with Crippen molar-refractivity contribution >= 4 is 5.91 Å². The molecule has 1 saturated heterocycles. The van der Waals surface area contributed by atoms with Crippen molar-refractivity contribution in [3.8, 4) is 5.75 Å². The highest BCUT2D eigenvalue weighted by Gasteiger charge is 2.22. The number of halogens is 1. The van der Waals surface area contributed by atoms with Gasteiger partial charge in [0.15, 0.2) is 0 Å². The van der Waals surface area contributed by atoms with Crippen LogP contribution in [-0.4, -0.2) is 44.4 Å². The van der Waals surface area contributed by atoms with Gasteiger partial charge >= 0.3 is 0 Å². The first-order valence-corrected chi connectivity index (χ1v) is 7.21. The second kappa shape index (κ2) is 7.95. The van der Waals surface area contributed by atoms with Gasteiger partial charge in [-0.05, 0) is 18.6 Å². The van der Waals surface area contributed by atoms with E-state index in [4.69, 9.17) is 9.47 Å². The summed E-state index contributed by atoms with van der Waals surface area (Å²) in [6, 6.07) is 5.99. The minimum Gasteiger partial charge on any atom is -0.489 e. The van der Waals surface area contributed by atoms with Crippen molar-refractivity contribution in [3.05, 3.63) is 30.1 Å². The Labute approximate surface area is 123 Å². The molecule has 1 fully saturated rings. The molecular weight excluding hydrogens is 275 g/mol. The molecule has 2 rings (SSSR count). The molecule has 0 saturated carbocycles. The predicted molar refractivity (Wildman–Crippen MR) is 76.7 cm³/mol. The quantitative estimate of drug-likeness (QED) is 0.825. The summed E-state index contributed by atoms with van der Waals surface area (Å²) < 4.78 is 24.2. The van der Waals surface area contributed by atoms with Gasteiger partial charge in [-0.15, -0.1) is 0 Å². The van der Waals surface area contributed by atoms with Gasteiger partial charge in [-0.3, -0.25) is 4.79 Å². The number of amides is 1. The highest BCUT2D eigenvalue weighted by Crippen LogP contribution is 2.14. The van der Waals surface area contributed by atoms with E-state index in [9.17, 15) is 9.18 Å². The first-order chi connectivity index (χ1) is 10.2. The highest BCUT2D eigenvalue weighted by molar-refractivity contribution is 5.81. The van der Waals surface area contributed by atoms with Gasteiger partial charge in [-0.25, -0.2) is 4.39 Å². The second-order valence-corrected chi connectivity index (χ2v) is 4.91. The van der Waals surface area contributed by atoms with Crippen LogP contribution in [0.4, 0.5) is 4.39 Å². The zero-order valence-electron chi connectivity index (χ0n) is 12.1. The first kappa shape index (κ1) is 15.7. The van der Waals surface area contributed by atoms with Gasteiger partial charge in [0.25, 0.3) is 5.91 Å². The number of hydrogen-bond acceptors (Lipinski definition) is 4. The first-order valence-electron chi connectivity index (χ1n) is 7.21. The summed E-state index contributed by atoms with van der Waals surface area (Å²) >= 11 is 0. The minimum absolute atomic E-state index is 0.150. The molecule has 116 valence electrons. The number of carbonyl (C=O) groups excluding carboxylic acids is 1. The third kappa shape index (κ3) is 4.99. The minimum atomic E-state index is -0.453. The molecule has 1 heterocycles. The number of nitrogens with one attached hydrogen (secondary N) is 2. The van der Waals surface area contributed by atoms with E-state index in [-0.39, 0.29) is 17.8 Å². The van der Waals surface area contributed by atoms with Gasteiger partial charge in [-0.2, -0.15) is 0 Å². The van der Waals surface area contributed by atoms with Crippen LogP contribution in [0.3, 0.4) is 0 Å². The van der Waals surface area contributed by atoms with Crippen LogP contribution in [0, 0.1) is 5.82 Å². The predicted octanol–water partition coefficient (Wildman–Crippen LogP) is 1.09. The number of hydrogen-bond donors (Lipinski definition) is 2. The van der Waals surface area contributed by atoms with Crippen LogP contribution < -0.4 is 15.4 Å². The fourth-order valence-electron chi connectivity index (χ4n) is 2.06. The van der Waals surface area contributed by atoms with Gasteiger partial charge in [0, 0.05) is 19.2 Å². The molecule has 1 amide bonds. The summed E-state index contributed by atoms with van der Waals surface area (Å²) in [5.74, 6) is -0.0248. The zero-order chi connectivity index (χ0) is 15.1. The van der Waals surface area contributed by atoms with Crippen molar-refractivity contribution in [3.63, 3.8) is 0 Å². The topological polar surface area (TPSA) is 59.6 Å². The normalized spacial score (nSPS) is 19.8. The average Bonchev–Trinajstić information content (AvgIpc) is 2.52. The van der Waals surface area contributed by atoms with Crippen molar-refractivity contribution in [2.45, 2.75) is 25.6 Å². The second-order valence-electron chi connectivity index (χ2n) is 4.91. The third-order valence-corrected chi connectivity index (χ3v) is 3.28. The van der Waals surface area contributed by atoms with Crippen molar-refractivity contribution in [1.82, 2.24) is 10.6 Å². The van der Waals surface area contributed by atoms with Gasteiger partial charge in [0.05, 0.1) is 13.2 Å². The van der Waals surface area contributed by atoms with Crippen LogP contribution in [0.5, 0.6) is 5.75 Å². The van der Waals surface area contributed by atoms with Crippen LogP contribution in [-0.2, 0) is 9.53 Å². The van der Waals surface area contributed by atoms with E-state index in [0.717, 1.165) is 6.54 Å².